The Labute approximate surface area is 255 Å². The molecule has 2 amide bonds. The lowest BCUT2D eigenvalue weighted by Crippen LogP contribution is -2.53. The highest BCUT2D eigenvalue weighted by Crippen LogP contribution is 2.32. The Morgan fingerprint density at radius 1 is 1.24 bits per heavy atom. The number of fused-ring (bicyclic) bond motifs is 4. The lowest BCUT2D eigenvalue weighted by atomic mass is 10.0. The topological polar surface area (TPSA) is 127 Å². The summed E-state index contributed by atoms with van der Waals surface area (Å²) in [5, 5.41) is 9.17. The molecule has 4 bridgehead atoms. The van der Waals surface area contributed by atoms with Crippen molar-refractivity contribution in [2.45, 2.75) is 103 Å². The van der Waals surface area contributed by atoms with Crippen LogP contribution in [-0.4, -0.2) is 62.1 Å². The molecular formula is C29H42N4O5S3. The van der Waals surface area contributed by atoms with Gasteiger partial charge < -0.3 is 15.4 Å². The first kappa shape index (κ1) is 33.3. The monoisotopic (exact) mass is 622 g/mol. The van der Waals surface area contributed by atoms with E-state index >= 15 is 0 Å². The zero-order valence-electron chi connectivity index (χ0n) is 24.4. The standard InChI is InChI=1S/C29H42N4O5S3/c1-5-6-7-8-9-13-24(35)39-14-11-10-12-20-15-22(34)30-16-23-31-21(17-40-23)26-33-29(4,18-41-26)28(37)32-25(19(2)3)27(36)38-20/h10,12,17,19-20,25H,5-9,11,13-16,18H2,1-4H3,(H,30,34)(H,32,37)/b12-10+/t20-,25?,29-/m1/s1. The Balaban J connectivity index is 1.66. The molecule has 0 radical (unpaired) electrons. The number of aliphatic imine (C=N–C) groups is 1. The van der Waals surface area contributed by atoms with Crippen LogP contribution in [0.2, 0.25) is 0 Å². The number of hydrogen-bond donors (Lipinski definition) is 2. The van der Waals surface area contributed by atoms with Gasteiger partial charge in [-0.2, -0.15) is 0 Å². The molecule has 9 nitrogen and oxygen atoms in total. The highest BCUT2D eigenvalue weighted by atomic mass is 32.2. The van der Waals surface area contributed by atoms with Gasteiger partial charge in [0.2, 0.25) is 11.8 Å². The fourth-order valence-corrected chi connectivity index (χ4v) is 6.96. The number of allylic oxidation sites excluding steroid dienone is 1. The summed E-state index contributed by atoms with van der Waals surface area (Å²) in [6, 6.07) is -0.896. The molecule has 0 spiro atoms. The second-order valence-corrected chi connectivity index (χ2v) is 13.9. The van der Waals surface area contributed by atoms with Gasteiger partial charge in [-0.15, -0.1) is 23.1 Å². The molecule has 0 aliphatic carbocycles. The zero-order valence-corrected chi connectivity index (χ0v) is 26.9. The van der Waals surface area contributed by atoms with E-state index in [9.17, 15) is 19.2 Å². The van der Waals surface area contributed by atoms with Crippen molar-refractivity contribution in [1.82, 2.24) is 15.6 Å². The van der Waals surface area contributed by atoms with Gasteiger partial charge in [-0.1, -0.05) is 64.3 Å². The molecule has 1 aromatic rings. The van der Waals surface area contributed by atoms with Gasteiger partial charge in [0.25, 0.3) is 0 Å². The highest BCUT2D eigenvalue weighted by Gasteiger charge is 2.41. The highest BCUT2D eigenvalue weighted by molar-refractivity contribution is 8.14. The average Bonchev–Trinajstić information content (AvgIpc) is 3.56. The second kappa shape index (κ2) is 16.5. The van der Waals surface area contributed by atoms with Crippen molar-refractivity contribution in [3.63, 3.8) is 0 Å². The maximum absolute atomic E-state index is 13.3. The summed E-state index contributed by atoms with van der Waals surface area (Å²) in [5.41, 5.74) is -0.354. The van der Waals surface area contributed by atoms with Crippen molar-refractivity contribution in [2.24, 2.45) is 10.9 Å². The molecular weight excluding hydrogens is 581 g/mol. The predicted molar refractivity (Wildman–Crippen MR) is 167 cm³/mol. The molecule has 0 aromatic carbocycles. The van der Waals surface area contributed by atoms with E-state index in [4.69, 9.17) is 4.74 Å². The van der Waals surface area contributed by atoms with E-state index in [-0.39, 0.29) is 35.8 Å². The van der Waals surface area contributed by atoms with E-state index in [2.05, 4.69) is 27.5 Å². The first-order valence-corrected chi connectivity index (χ1v) is 17.2. The van der Waals surface area contributed by atoms with Crippen molar-refractivity contribution < 1.29 is 23.9 Å². The van der Waals surface area contributed by atoms with Crippen LogP contribution >= 0.6 is 34.9 Å². The lowest BCUT2D eigenvalue weighted by molar-refractivity contribution is -0.153. The summed E-state index contributed by atoms with van der Waals surface area (Å²) in [5.74, 6) is -0.424. The largest absolute Gasteiger partial charge is 0.456 e. The van der Waals surface area contributed by atoms with Crippen LogP contribution in [0.5, 0.6) is 0 Å². The van der Waals surface area contributed by atoms with Gasteiger partial charge in [-0.05, 0) is 31.8 Å². The molecule has 3 heterocycles. The molecule has 0 saturated carbocycles. The first-order valence-electron chi connectivity index (χ1n) is 14.4. The third-order valence-corrected chi connectivity index (χ3v) is 9.87. The molecule has 2 aliphatic heterocycles. The minimum Gasteiger partial charge on any atom is -0.456 e. The van der Waals surface area contributed by atoms with E-state index in [0.717, 1.165) is 17.8 Å². The molecule has 3 rings (SSSR count). The zero-order chi connectivity index (χ0) is 29.8. The number of esters is 1. The molecule has 1 aromatic heterocycles. The minimum atomic E-state index is -1.04. The molecule has 0 fully saturated rings. The smallest absolute Gasteiger partial charge is 0.329 e. The summed E-state index contributed by atoms with van der Waals surface area (Å²) in [6.07, 6.45) is 9.42. The van der Waals surface area contributed by atoms with Crippen molar-refractivity contribution in [2.75, 3.05) is 11.5 Å². The number of carbonyl (C=O) groups excluding carboxylic acids is 4. The van der Waals surface area contributed by atoms with Crippen LogP contribution in [0.1, 0.15) is 89.8 Å². The molecule has 3 atom stereocenters. The van der Waals surface area contributed by atoms with Crippen molar-refractivity contribution in [3.8, 4) is 0 Å². The Kier molecular flexibility index (Phi) is 13.4. The van der Waals surface area contributed by atoms with Crippen LogP contribution in [0.3, 0.4) is 0 Å². The average molecular weight is 623 g/mol. The van der Waals surface area contributed by atoms with Gasteiger partial charge in [-0.3, -0.25) is 19.4 Å². The van der Waals surface area contributed by atoms with E-state index in [1.165, 1.54) is 54.1 Å². The van der Waals surface area contributed by atoms with E-state index in [0.29, 0.717) is 35.1 Å². The third-order valence-electron chi connectivity index (χ3n) is 6.78. The normalized spacial score (nSPS) is 23.8. The fraction of sp³-hybridized carbons (Fsp3) is 0.655. The maximum atomic E-state index is 13.3. The van der Waals surface area contributed by atoms with Gasteiger partial charge in [0, 0.05) is 23.3 Å². The number of nitrogens with one attached hydrogen (secondary N) is 2. The predicted octanol–water partition coefficient (Wildman–Crippen LogP) is 5.03. The Bertz CT molecular complexity index is 1140. The molecule has 41 heavy (non-hydrogen) atoms. The number of carbonyl (C=O) groups is 4. The number of cyclic esters (lactones) is 1. The summed E-state index contributed by atoms with van der Waals surface area (Å²) in [6.45, 7) is 7.83. The number of ether oxygens (including phenoxy) is 1. The Morgan fingerprint density at radius 2 is 2.02 bits per heavy atom. The first-order chi connectivity index (χ1) is 19.6. The fourth-order valence-electron chi connectivity index (χ4n) is 4.26. The summed E-state index contributed by atoms with van der Waals surface area (Å²) >= 11 is 4.18. The molecule has 0 saturated heterocycles. The number of nitrogens with zero attached hydrogens (tertiary/aromatic N) is 2. The molecule has 2 N–H and O–H groups in total. The SMILES string of the molecule is CCCCCCCC(=O)SCC/C=C/[C@@H]1CC(=O)NCc2nc(cs2)C2=N[C@](C)(CS2)C(=O)NC(C(C)C)C(=O)O1. The number of aromatic nitrogens is 1. The lowest BCUT2D eigenvalue weighted by Gasteiger charge is -2.27. The Hall–Kier alpha value is -2.18. The summed E-state index contributed by atoms with van der Waals surface area (Å²) in [4.78, 5) is 60.7. The van der Waals surface area contributed by atoms with Gasteiger partial charge in [0.15, 0.2) is 5.12 Å². The van der Waals surface area contributed by atoms with Crippen LogP contribution < -0.4 is 10.6 Å². The number of hydrogen-bond acceptors (Lipinski definition) is 10. The second-order valence-electron chi connectivity index (χ2n) is 10.9. The molecule has 1 unspecified atom stereocenters. The number of thiazole rings is 1. The van der Waals surface area contributed by atoms with E-state index in [1.807, 2.05) is 25.3 Å². The number of unbranched alkanes of at least 4 members (excludes halogenated alkanes) is 4. The van der Waals surface area contributed by atoms with Crippen molar-refractivity contribution in [3.05, 3.63) is 28.2 Å². The number of thioether (sulfide) groups is 2. The quantitative estimate of drug-likeness (QED) is 0.200. The van der Waals surface area contributed by atoms with Gasteiger partial charge in [0.05, 0.1) is 13.0 Å². The molecule has 226 valence electrons. The van der Waals surface area contributed by atoms with Crippen molar-refractivity contribution >= 4 is 62.8 Å². The summed E-state index contributed by atoms with van der Waals surface area (Å²) in [7, 11) is 0. The van der Waals surface area contributed by atoms with E-state index < -0.39 is 23.7 Å². The van der Waals surface area contributed by atoms with Crippen molar-refractivity contribution in [1.29, 1.82) is 0 Å². The summed E-state index contributed by atoms with van der Waals surface area (Å²) < 4.78 is 5.77. The molecule has 2 aliphatic rings. The number of amides is 2. The maximum Gasteiger partial charge on any atom is 0.329 e. The van der Waals surface area contributed by atoms with Gasteiger partial charge >= 0.3 is 5.97 Å². The van der Waals surface area contributed by atoms with Crippen LogP contribution in [0.4, 0.5) is 0 Å². The van der Waals surface area contributed by atoms with Gasteiger partial charge in [0.1, 0.15) is 33.4 Å². The molecule has 12 heteroatoms. The van der Waals surface area contributed by atoms with Crippen LogP contribution in [0, 0.1) is 5.92 Å². The van der Waals surface area contributed by atoms with Crippen LogP contribution in [-0.2, 0) is 30.5 Å². The minimum absolute atomic E-state index is 0.0661. The third kappa shape index (κ3) is 10.6. The van der Waals surface area contributed by atoms with Crippen LogP contribution in [0.15, 0.2) is 22.5 Å². The number of rotatable bonds is 11. The Morgan fingerprint density at radius 3 is 2.78 bits per heavy atom. The van der Waals surface area contributed by atoms with Gasteiger partial charge in [-0.25, -0.2) is 9.78 Å². The van der Waals surface area contributed by atoms with Crippen LogP contribution in [0.25, 0.3) is 0 Å². The van der Waals surface area contributed by atoms with E-state index in [1.54, 1.807) is 13.0 Å².